The van der Waals surface area contributed by atoms with Gasteiger partial charge in [0.05, 0.1) is 10.6 Å². The van der Waals surface area contributed by atoms with Gasteiger partial charge >= 0.3 is 0 Å². The van der Waals surface area contributed by atoms with Crippen LogP contribution in [-0.4, -0.2) is 18.3 Å². The van der Waals surface area contributed by atoms with Crippen molar-refractivity contribution >= 4 is 45.0 Å². The molecule has 0 spiro atoms. The minimum atomic E-state index is -0.164. The zero-order valence-corrected chi connectivity index (χ0v) is 14.2. The van der Waals surface area contributed by atoms with Gasteiger partial charge in [-0.2, -0.15) is 0 Å². The standard InChI is InChI=1S/C14H18BrCl2NO/c1-3-14(4-2,8-16)9-18-13(19)11-7-10(15)5-6-12(11)17/h5-7H,3-4,8-9H2,1-2H3,(H,18,19). The lowest BCUT2D eigenvalue weighted by Gasteiger charge is -2.29. The number of alkyl halides is 1. The lowest BCUT2D eigenvalue weighted by atomic mass is 9.84. The van der Waals surface area contributed by atoms with Gasteiger partial charge in [-0.3, -0.25) is 4.79 Å². The maximum atomic E-state index is 12.2. The van der Waals surface area contributed by atoms with E-state index in [1.54, 1.807) is 18.2 Å². The highest BCUT2D eigenvalue weighted by Crippen LogP contribution is 2.27. The van der Waals surface area contributed by atoms with Crippen LogP contribution in [0.3, 0.4) is 0 Å². The minimum Gasteiger partial charge on any atom is -0.351 e. The summed E-state index contributed by atoms with van der Waals surface area (Å²) in [6, 6.07) is 5.23. The Morgan fingerprint density at radius 3 is 2.53 bits per heavy atom. The van der Waals surface area contributed by atoms with E-state index in [0.717, 1.165) is 17.3 Å². The topological polar surface area (TPSA) is 29.1 Å². The number of benzene rings is 1. The quantitative estimate of drug-likeness (QED) is 0.714. The van der Waals surface area contributed by atoms with Crippen molar-refractivity contribution in [2.75, 3.05) is 12.4 Å². The van der Waals surface area contributed by atoms with Crippen molar-refractivity contribution < 1.29 is 4.79 Å². The van der Waals surface area contributed by atoms with Gasteiger partial charge in [0.25, 0.3) is 5.91 Å². The molecule has 0 radical (unpaired) electrons. The molecule has 2 nitrogen and oxygen atoms in total. The molecule has 0 aromatic heterocycles. The summed E-state index contributed by atoms with van der Waals surface area (Å²) in [7, 11) is 0. The van der Waals surface area contributed by atoms with Gasteiger partial charge in [-0.1, -0.05) is 41.4 Å². The molecule has 0 saturated heterocycles. The molecule has 1 N–H and O–H groups in total. The Morgan fingerprint density at radius 1 is 1.37 bits per heavy atom. The van der Waals surface area contributed by atoms with E-state index >= 15 is 0 Å². The molecule has 1 amide bonds. The smallest absolute Gasteiger partial charge is 0.252 e. The van der Waals surface area contributed by atoms with Crippen molar-refractivity contribution in [3.05, 3.63) is 33.3 Å². The summed E-state index contributed by atoms with van der Waals surface area (Å²) in [5.41, 5.74) is 0.433. The number of hydrogen-bond acceptors (Lipinski definition) is 1. The monoisotopic (exact) mass is 365 g/mol. The number of hydrogen-bond donors (Lipinski definition) is 1. The molecule has 19 heavy (non-hydrogen) atoms. The van der Waals surface area contributed by atoms with E-state index < -0.39 is 0 Å². The van der Waals surface area contributed by atoms with E-state index in [1.807, 2.05) is 0 Å². The highest BCUT2D eigenvalue weighted by atomic mass is 79.9. The molecule has 0 fully saturated rings. The van der Waals surface area contributed by atoms with E-state index in [4.69, 9.17) is 23.2 Å². The van der Waals surface area contributed by atoms with Crippen LogP contribution in [0.1, 0.15) is 37.0 Å². The fourth-order valence-corrected chi connectivity index (χ4v) is 2.81. The fraction of sp³-hybridized carbons (Fsp3) is 0.500. The number of halogens is 3. The molecule has 1 aromatic carbocycles. The highest BCUT2D eigenvalue weighted by molar-refractivity contribution is 9.10. The van der Waals surface area contributed by atoms with Gasteiger partial charge < -0.3 is 5.32 Å². The van der Waals surface area contributed by atoms with E-state index in [-0.39, 0.29) is 11.3 Å². The Bertz CT molecular complexity index is 439. The summed E-state index contributed by atoms with van der Waals surface area (Å²) in [5.74, 6) is 0.370. The second-order valence-electron chi connectivity index (χ2n) is 4.65. The number of carbonyl (C=O) groups excluding carboxylic acids is 1. The third-order valence-electron chi connectivity index (χ3n) is 3.58. The third-order valence-corrected chi connectivity index (χ3v) is 4.97. The summed E-state index contributed by atoms with van der Waals surface area (Å²) in [6.45, 7) is 4.74. The number of nitrogens with one attached hydrogen (secondary N) is 1. The molecule has 5 heteroatoms. The van der Waals surface area contributed by atoms with Crippen LogP contribution in [0, 0.1) is 5.41 Å². The maximum Gasteiger partial charge on any atom is 0.252 e. The summed E-state index contributed by atoms with van der Waals surface area (Å²) < 4.78 is 0.830. The average Bonchev–Trinajstić information content (AvgIpc) is 2.43. The largest absolute Gasteiger partial charge is 0.351 e. The molecule has 1 aromatic rings. The molecule has 1 rings (SSSR count). The summed E-state index contributed by atoms with van der Waals surface area (Å²) in [4.78, 5) is 12.2. The van der Waals surface area contributed by atoms with Gasteiger partial charge in [-0.25, -0.2) is 0 Å². The minimum absolute atomic E-state index is 0.0459. The first-order chi connectivity index (χ1) is 8.98. The molecule has 0 bridgehead atoms. The maximum absolute atomic E-state index is 12.2. The first kappa shape index (κ1) is 16.8. The van der Waals surface area contributed by atoms with Crippen molar-refractivity contribution in [2.24, 2.45) is 5.41 Å². The Labute approximate surface area is 133 Å². The lowest BCUT2D eigenvalue weighted by Crippen LogP contribution is -2.38. The van der Waals surface area contributed by atoms with Crippen LogP contribution in [0.5, 0.6) is 0 Å². The second-order valence-corrected chi connectivity index (χ2v) is 6.24. The molecule has 0 unspecified atom stereocenters. The van der Waals surface area contributed by atoms with E-state index in [2.05, 4.69) is 35.1 Å². The molecule has 0 heterocycles. The van der Waals surface area contributed by atoms with E-state index in [1.165, 1.54) is 0 Å². The zero-order valence-electron chi connectivity index (χ0n) is 11.1. The molecule has 0 aliphatic heterocycles. The van der Waals surface area contributed by atoms with Crippen molar-refractivity contribution in [1.29, 1.82) is 0 Å². The Morgan fingerprint density at radius 2 is 2.00 bits per heavy atom. The van der Waals surface area contributed by atoms with Crippen molar-refractivity contribution in [2.45, 2.75) is 26.7 Å². The van der Waals surface area contributed by atoms with E-state index in [0.29, 0.717) is 23.0 Å². The molecule has 106 valence electrons. The highest BCUT2D eigenvalue weighted by Gasteiger charge is 2.26. The van der Waals surface area contributed by atoms with Crippen molar-refractivity contribution in [3.8, 4) is 0 Å². The average molecular weight is 367 g/mol. The predicted molar refractivity (Wildman–Crippen MR) is 85.2 cm³/mol. The number of carbonyl (C=O) groups is 1. The van der Waals surface area contributed by atoms with Crippen LogP contribution in [0.4, 0.5) is 0 Å². The van der Waals surface area contributed by atoms with Crippen LogP contribution in [0.25, 0.3) is 0 Å². The summed E-state index contributed by atoms with van der Waals surface area (Å²) >= 11 is 15.4. The summed E-state index contributed by atoms with van der Waals surface area (Å²) in [5, 5.41) is 3.38. The van der Waals surface area contributed by atoms with Crippen LogP contribution in [-0.2, 0) is 0 Å². The van der Waals surface area contributed by atoms with Crippen molar-refractivity contribution in [3.63, 3.8) is 0 Å². The molecular formula is C14H18BrCl2NO. The first-order valence-corrected chi connectivity index (χ1v) is 7.97. The molecular weight excluding hydrogens is 349 g/mol. The zero-order chi connectivity index (χ0) is 14.5. The van der Waals surface area contributed by atoms with Gasteiger partial charge in [-0.15, -0.1) is 11.6 Å². The van der Waals surface area contributed by atoms with Gasteiger partial charge in [0.15, 0.2) is 0 Å². The Balaban J connectivity index is 2.77. The van der Waals surface area contributed by atoms with Crippen molar-refractivity contribution in [1.82, 2.24) is 5.32 Å². The first-order valence-electron chi connectivity index (χ1n) is 6.27. The molecule has 0 atom stereocenters. The van der Waals surface area contributed by atoms with Gasteiger partial charge in [0.2, 0.25) is 0 Å². The molecule has 0 aliphatic rings. The fourth-order valence-electron chi connectivity index (χ4n) is 1.77. The van der Waals surface area contributed by atoms with Gasteiger partial charge in [-0.05, 0) is 31.0 Å². The van der Waals surface area contributed by atoms with E-state index in [9.17, 15) is 4.79 Å². The van der Waals surface area contributed by atoms with Crippen LogP contribution < -0.4 is 5.32 Å². The Hall–Kier alpha value is -0.250. The van der Waals surface area contributed by atoms with Gasteiger partial charge in [0, 0.05) is 22.3 Å². The van der Waals surface area contributed by atoms with Crippen LogP contribution in [0.15, 0.2) is 22.7 Å². The third kappa shape index (κ3) is 4.37. The molecule has 0 saturated carbocycles. The second kappa shape index (κ2) is 7.51. The number of amides is 1. The van der Waals surface area contributed by atoms with Gasteiger partial charge in [0.1, 0.15) is 0 Å². The Kier molecular flexibility index (Phi) is 6.64. The van der Waals surface area contributed by atoms with Crippen LogP contribution >= 0.6 is 39.1 Å². The van der Waals surface area contributed by atoms with Crippen LogP contribution in [0.2, 0.25) is 5.02 Å². The predicted octanol–water partition coefficient (Wildman–Crippen LogP) is 4.88. The SMILES string of the molecule is CCC(CC)(CCl)CNC(=O)c1cc(Br)ccc1Cl. The molecule has 0 aliphatic carbocycles. The normalized spacial score (nSPS) is 11.4. The number of rotatable bonds is 6. The summed E-state index contributed by atoms with van der Waals surface area (Å²) in [6.07, 6.45) is 1.86. The lowest BCUT2D eigenvalue weighted by molar-refractivity contribution is 0.0932.